The monoisotopic (exact) mass is 375 g/mol. The molecule has 1 saturated heterocycles. The third-order valence-electron chi connectivity index (χ3n) is 5.03. The summed E-state index contributed by atoms with van der Waals surface area (Å²) in [6, 6.07) is 10.3. The second-order valence-electron chi connectivity index (χ2n) is 6.53. The quantitative estimate of drug-likeness (QED) is 0.694. The molecule has 3 aromatic rings. The Balaban J connectivity index is 1.61. The molecule has 0 spiro atoms. The van der Waals surface area contributed by atoms with Crippen molar-refractivity contribution in [2.75, 3.05) is 24.6 Å². The summed E-state index contributed by atoms with van der Waals surface area (Å²) in [5.74, 6) is 0.442. The van der Waals surface area contributed by atoms with Crippen molar-refractivity contribution >= 4 is 39.8 Å². The van der Waals surface area contributed by atoms with E-state index >= 15 is 0 Å². The number of aromatic nitrogens is 2. The van der Waals surface area contributed by atoms with Crippen molar-refractivity contribution in [3.63, 3.8) is 0 Å². The second-order valence-corrected chi connectivity index (χ2v) is 7.31. The summed E-state index contributed by atoms with van der Waals surface area (Å²) in [6.45, 7) is 2.26. The number of halogens is 2. The van der Waals surface area contributed by atoms with Gasteiger partial charge in [-0.3, -0.25) is 5.10 Å². The summed E-state index contributed by atoms with van der Waals surface area (Å²) in [5.41, 5.74) is 3.80. The molecule has 1 aliphatic rings. The topological polar surface area (TPSA) is 52.1 Å². The zero-order valence-electron chi connectivity index (χ0n) is 13.7. The molecule has 0 saturated carbocycles. The number of hydrogen-bond acceptors (Lipinski definition) is 3. The highest BCUT2D eigenvalue weighted by atomic mass is 35.5. The fraction of sp³-hybridized carbons (Fsp3) is 0.316. The van der Waals surface area contributed by atoms with Crippen molar-refractivity contribution in [3.8, 4) is 11.1 Å². The Morgan fingerprint density at radius 3 is 2.56 bits per heavy atom. The third kappa shape index (κ3) is 3.10. The van der Waals surface area contributed by atoms with E-state index in [0.717, 1.165) is 42.4 Å². The Kier molecular flexibility index (Phi) is 4.59. The van der Waals surface area contributed by atoms with Crippen molar-refractivity contribution in [2.45, 2.75) is 12.8 Å². The highest BCUT2D eigenvalue weighted by Crippen LogP contribution is 2.38. The van der Waals surface area contributed by atoms with E-state index in [-0.39, 0.29) is 0 Å². The first-order chi connectivity index (χ1) is 12.2. The van der Waals surface area contributed by atoms with E-state index in [1.54, 1.807) is 6.20 Å². The minimum atomic E-state index is 0.293. The standard InChI is InChI=1S/C19H19Cl2N3O/c20-17-9-15(18(21)19-16(17)10-22-23-19)13-1-3-14(4-2-13)24-7-5-12(11-25)6-8-24/h1-4,9-10,12,25H,5-8,11H2,(H,22,23). The number of benzene rings is 2. The summed E-state index contributed by atoms with van der Waals surface area (Å²) >= 11 is 12.9. The first-order valence-electron chi connectivity index (χ1n) is 8.45. The number of aliphatic hydroxyl groups is 1. The van der Waals surface area contributed by atoms with E-state index in [4.69, 9.17) is 23.2 Å². The van der Waals surface area contributed by atoms with Gasteiger partial charge in [-0.15, -0.1) is 0 Å². The van der Waals surface area contributed by atoms with Gasteiger partial charge in [-0.25, -0.2) is 0 Å². The molecule has 4 nitrogen and oxygen atoms in total. The van der Waals surface area contributed by atoms with Crippen LogP contribution in [-0.4, -0.2) is 35.0 Å². The predicted octanol–water partition coefficient (Wildman–Crippen LogP) is 4.75. The fourth-order valence-corrected chi connectivity index (χ4v) is 4.03. The Hall–Kier alpha value is -1.75. The molecular formula is C19H19Cl2N3O. The lowest BCUT2D eigenvalue weighted by Gasteiger charge is -2.33. The van der Waals surface area contributed by atoms with E-state index in [1.807, 2.05) is 6.07 Å². The summed E-state index contributed by atoms with van der Waals surface area (Å²) in [6.07, 6.45) is 3.83. The van der Waals surface area contributed by atoms with Crippen molar-refractivity contribution in [3.05, 3.63) is 46.6 Å². The van der Waals surface area contributed by atoms with Crippen molar-refractivity contribution in [1.82, 2.24) is 10.2 Å². The van der Waals surface area contributed by atoms with Gasteiger partial charge >= 0.3 is 0 Å². The van der Waals surface area contributed by atoms with Crippen LogP contribution in [0, 0.1) is 5.92 Å². The SMILES string of the molecule is OCC1CCN(c2ccc(-c3cc(Cl)c4c[nH]nc4c3Cl)cc2)CC1. The van der Waals surface area contributed by atoms with Gasteiger partial charge < -0.3 is 10.0 Å². The molecule has 2 aromatic carbocycles. The number of aliphatic hydroxyl groups excluding tert-OH is 1. The van der Waals surface area contributed by atoms with Gasteiger partial charge in [0, 0.05) is 42.5 Å². The second kappa shape index (κ2) is 6.87. The molecule has 2 heterocycles. The van der Waals surface area contributed by atoms with E-state index in [9.17, 15) is 5.11 Å². The van der Waals surface area contributed by atoms with Crippen LogP contribution in [0.15, 0.2) is 36.5 Å². The smallest absolute Gasteiger partial charge is 0.113 e. The number of piperidine rings is 1. The molecule has 4 rings (SSSR count). The molecule has 0 unspecified atom stereocenters. The molecule has 1 aromatic heterocycles. The van der Waals surface area contributed by atoms with Crippen LogP contribution in [0.3, 0.4) is 0 Å². The number of aromatic amines is 1. The van der Waals surface area contributed by atoms with E-state index in [2.05, 4.69) is 39.4 Å². The highest BCUT2D eigenvalue weighted by Gasteiger charge is 2.19. The molecule has 25 heavy (non-hydrogen) atoms. The van der Waals surface area contributed by atoms with Crippen LogP contribution in [0.5, 0.6) is 0 Å². The zero-order chi connectivity index (χ0) is 17.4. The van der Waals surface area contributed by atoms with E-state index in [0.29, 0.717) is 28.1 Å². The summed E-state index contributed by atoms with van der Waals surface area (Å²) in [5, 5.41) is 18.4. The van der Waals surface area contributed by atoms with Crippen LogP contribution in [0.25, 0.3) is 22.0 Å². The minimum absolute atomic E-state index is 0.293. The lowest BCUT2D eigenvalue weighted by atomic mass is 9.97. The number of H-pyrrole nitrogens is 1. The van der Waals surface area contributed by atoms with Gasteiger partial charge in [0.1, 0.15) is 5.52 Å². The molecule has 1 fully saturated rings. The first kappa shape index (κ1) is 16.7. The van der Waals surface area contributed by atoms with Crippen LogP contribution >= 0.6 is 23.2 Å². The number of nitrogens with zero attached hydrogens (tertiary/aromatic N) is 2. The maximum Gasteiger partial charge on any atom is 0.113 e. The largest absolute Gasteiger partial charge is 0.396 e. The number of anilines is 1. The lowest BCUT2D eigenvalue weighted by molar-refractivity contribution is 0.203. The van der Waals surface area contributed by atoms with Crippen molar-refractivity contribution in [2.24, 2.45) is 5.92 Å². The van der Waals surface area contributed by atoms with Gasteiger partial charge in [0.25, 0.3) is 0 Å². The third-order valence-corrected chi connectivity index (χ3v) is 5.72. The maximum absolute atomic E-state index is 9.27. The van der Waals surface area contributed by atoms with E-state index < -0.39 is 0 Å². The van der Waals surface area contributed by atoms with Crippen LogP contribution in [0.2, 0.25) is 10.0 Å². The van der Waals surface area contributed by atoms with Crippen LogP contribution in [0.1, 0.15) is 12.8 Å². The molecule has 1 aliphatic heterocycles. The van der Waals surface area contributed by atoms with Crippen molar-refractivity contribution < 1.29 is 5.11 Å². The van der Waals surface area contributed by atoms with Gasteiger partial charge in [-0.05, 0) is 42.5 Å². The summed E-state index contributed by atoms with van der Waals surface area (Å²) in [4.78, 5) is 2.36. The molecule has 130 valence electrons. The Bertz CT molecular complexity index is 884. The molecular weight excluding hydrogens is 357 g/mol. The molecule has 0 atom stereocenters. The van der Waals surface area contributed by atoms with Gasteiger partial charge in [0.15, 0.2) is 0 Å². The zero-order valence-corrected chi connectivity index (χ0v) is 15.2. The Morgan fingerprint density at radius 1 is 1.16 bits per heavy atom. The first-order valence-corrected chi connectivity index (χ1v) is 9.20. The fourth-order valence-electron chi connectivity index (χ4n) is 3.47. The van der Waals surface area contributed by atoms with Gasteiger partial charge in [-0.1, -0.05) is 35.3 Å². The normalized spacial score (nSPS) is 15.9. The van der Waals surface area contributed by atoms with Crippen molar-refractivity contribution in [1.29, 1.82) is 0 Å². The molecule has 0 radical (unpaired) electrons. The summed E-state index contributed by atoms with van der Waals surface area (Å²) < 4.78 is 0. The number of fused-ring (bicyclic) bond motifs is 1. The molecule has 0 bridgehead atoms. The van der Waals surface area contributed by atoms with Crippen LogP contribution in [-0.2, 0) is 0 Å². The lowest BCUT2D eigenvalue weighted by Crippen LogP contribution is -2.34. The van der Waals surface area contributed by atoms with Gasteiger partial charge in [0.05, 0.1) is 10.0 Å². The number of nitrogens with one attached hydrogen (secondary N) is 1. The van der Waals surface area contributed by atoms with Crippen LogP contribution in [0.4, 0.5) is 5.69 Å². The molecule has 0 aliphatic carbocycles. The molecule has 6 heteroatoms. The average Bonchev–Trinajstić information content (AvgIpc) is 3.16. The average molecular weight is 376 g/mol. The predicted molar refractivity (Wildman–Crippen MR) is 104 cm³/mol. The minimum Gasteiger partial charge on any atom is -0.396 e. The Morgan fingerprint density at radius 2 is 1.88 bits per heavy atom. The van der Waals surface area contributed by atoms with Crippen LogP contribution < -0.4 is 4.90 Å². The number of rotatable bonds is 3. The highest BCUT2D eigenvalue weighted by molar-refractivity contribution is 6.42. The molecule has 2 N–H and O–H groups in total. The maximum atomic E-state index is 9.27. The summed E-state index contributed by atoms with van der Waals surface area (Å²) in [7, 11) is 0. The Labute approximate surface area is 156 Å². The van der Waals surface area contributed by atoms with E-state index in [1.165, 1.54) is 5.69 Å². The van der Waals surface area contributed by atoms with Gasteiger partial charge in [-0.2, -0.15) is 5.10 Å². The molecule has 0 amide bonds. The number of hydrogen-bond donors (Lipinski definition) is 2. The van der Waals surface area contributed by atoms with Gasteiger partial charge in [0.2, 0.25) is 0 Å².